The van der Waals surface area contributed by atoms with Gasteiger partial charge in [0.15, 0.2) is 5.78 Å². The van der Waals surface area contributed by atoms with Crippen molar-refractivity contribution >= 4 is 16.0 Å². The van der Waals surface area contributed by atoms with E-state index in [2.05, 4.69) is 4.72 Å². The van der Waals surface area contributed by atoms with Gasteiger partial charge in [0.2, 0.25) is 0 Å². The van der Waals surface area contributed by atoms with Crippen molar-refractivity contribution < 1.29 is 17.9 Å². The Kier molecular flexibility index (Phi) is 6.34. The molecular weight excluding hydrogens is 330 g/mol. The topological polar surface area (TPSA) is 79.0 Å². The maximum Gasteiger partial charge on any atom is 0.279 e. The van der Waals surface area contributed by atoms with Gasteiger partial charge in [-0.15, -0.1) is 0 Å². The Morgan fingerprint density at radius 1 is 1.17 bits per heavy atom. The average Bonchev–Trinajstić information content (AvgIpc) is 2.54. The number of rotatable bonds is 7. The van der Waals surface area contributed by atoms with Crippen molar-refractivity contribution in [2.24, 2.45) is 0 Å². The molecule has 134 valence electrons. The predicted molar refractivity (Wildman–Crippen MR) is 92.5 cm³/mol. The van der Waals surface area contributed by atoms with E-state index in [4.69, 9.17) is 4.74 Å². The third-order valence-electron chi connectivity index (χ3n) is 3.84. The number of ketones is 1. The van der Waals surface area contributed by atoms with E-state index in [0.717, 1.165) is 0 Å². The first-order chi connectivity index (χ1) is 11.3. The van der Waals surface area contributed by atoms with Crippen LogP contribution in [0.2, 0.25) is 0 Å². The number of nitrogens with zero attached hydrogens (tertiary/aromatic N) is 2. The molecule has 0 saturated carbocycles. The number of Topliss-reactive ketones (excluding diaryl/α,β-unsaturated/α-hetero) is 1. The second-order valence-corrected chi connectivity index (χ2v) is 7.81. The minimum absolute atomic E-state index is 0.0225. The van der Waals surface area contributed by atoms with Gasteiger partial charge in [0.1, 0.15) is 5.75 Å². The Morgan fingerprint density at radius 2 is 1.75 bits per heavy atom. The highest BCUT2D eigenvalue weighted by molar-refractivity contribution is 7.87. The van der Waals surface area contributed by atoms with Crippen LogP contribution in [-0.4, -0.2) is 69.3 Å². The summed E-state index contributed by atoms with van der Waals surface area (Å²) in [6, 6.07) is 6.87. The van der Waals surface area contributed by atoms with Gasteiger partial charge in [-0.25, -0.2) is 0 Å². The second kappa shape index (κ2) is 8.06. The standard InChI is InChI=1S/C16H25N3O4S/c1-13(2)17-24(21,22)19-10-8-18(9-11-19)12-16(20)14-4-6-15(23-3)7-5-14/h4-7,13,17H,8-12H2,1-3H3. The second-order valence-electron chi connectivity index (χ2n) is 6.10. The highest BCUT2D eigenvalue weighted by atomic mass is 32.2. The average molecular weight is 355 g/mol. The zero-order valence-corrected chi connectivity index (χ0v) is 15.2. The molecule has 1 aliphatic rings. The van der Waals surface area contributed by atoms with Crippen molar-refractivity contribution in [2.45, 2.75) is 19.9 Å². The lowest BCUT2D eigenvalue weighted by Gasteiger charge is -2.33. The van der Waals surface area contributed by atoms with Crippen LogP contribution in [0, 0.1) is 0 Å². The molecule has 0 bridgehead atoms. The Bertz CT molecular complexity index is 650. The predicted octanol–water partition coefficient (Wildman–Crippen LogP) is 0.738. The zero-order chi connectivity index (χ0) is 17.7. The highest BCUT2D eigenvalue weighted by Crippen LogP contribution is 2.13. The van der Waals surface area contributed by atoms with Crippen LogP contribution >= 0.6 is 0 Å². The molecule has 8 heteroatoms. The first kappa shape index (κ1) is 18.9. The zero-order valence-electron chi connectivity index (χ0n) is 14.4. The van der Waals surface area contributed by atoms with E-state index >= 15 is 0 Å². The molecular formula is C16H25N3O4S. The van der Waals surface area contributed by atoms with E-state index < -0.39 is 10.2 Å². The van der Waals surface area contributed by atoms with Gasteiger partial charge in [0.25, 0.3) is 10.2 Å². The monoisotopic (exact) mass is 355 g/mol. The van der Waals surface area contributed by atoms with Gasteiger partial charge in [0, 0.05) is 37.8 Å². The third kappa shape index (κ3) is 5.01. The molecule has 0 radical (unpaired) electrons. The first-order valence-corrected chi connectivity index (χ1v) is 9.43. The van der Waals surface area contributed by atoms with Crippen LogP contribution in [0.15, 0.2) is 24.3 Å². The van der Waals surface area contributed by atoms with Crippen molar-refractivity contribution in [1.29, 1.82) is 0 Å². The largest absolute Gasteiger partial charge is 0.497 e. The fourth-order valence-corrected chi connectivity index (χ4v) is 3.96. The van der Waals surface area contributed by atoms with Crippen LogP contribution in [-0.2, 0) is 10.2 Å². The lowest BCUT2D eigenvalue weighted by Crippen LogP contribution is -2.53. The molecule has 1 aromatic carbocycles. The molecule has 24 heavy (non-hydrogen) atoms. The Balaban J connectivity index is 1.87. The van der Waals surface area contributed by atoms with Crippen molar-refractivity contribution in [3.63, 3.8) is 0 Å². The van der Waals surface area contributed by atoms with Gasteiger partial charge in [0.05, 0.1) is 13.7 Å². The molecule has 1 saturated heterocycles. The Morgan fingerprint density at radius 3 is 2.25 bits per heavy atom. The van der Waals surface area contributed by atoms with E-state index in [1.54, 1.807) is 45.2 Å². The number of methoxy groups -OCH3 is 1. The summed E-state index contributed by atoms with van der Waals surface area (Å²) in [4.78, 5) is 14.3. The van der Waals surface area contributed by atoms with Crippen LogP contribution in [0.1, 0.15) is 24.2 Å². The summed E-state index contributed by atoms with van der Waals surface area (Å²) in [5.41, 5.74) is 0.632. The SMILES string of the molecule is COc1ccc(C(=O)CN2CCN(S(=O)(=O)NC(C)C)CC2)cc1. The Labute approximate surface area is 143 Å². The minimum Gasteiger partial charge on any atom is -0.497 e. The van der Waals surface area contributed by atoms with Crippen molar-refractivity contribution in [2.75, 3.05) is 39.8 Å². The maximum atomic E-state index is 12.3. The normalized spacial score (nSPS) is 17.2. The number of benzene rings is 1. The van der Waals surface area contributed by atoms with Crippen LogP contribution in [0.5, 0.6) is 5.75 Å². The summed E-state index contributed by atoms with van der Waals surface area (Å²) in [7, 11) is -1.85. The highest BCUT2D eigenvalue weighted by Gasteiger charge is 2.28. The molecule has 0 aliphatic carbocycles. The first-order valence-electron chi connectivity index (χ1n) is 7.99. The van der Waals surface area contributed by atoms with E-state index in [1.807, 2.05) is 4.90 Å². The number of hydrogen-bond acceptors (Lipinski definition) is 5. The number of ether oxygens (including phenoxy) is 1. The van der Waals surface area contributed by atoms with Crippen LogP contribution in [0.25, 0.3) is 0 Å². The number of hydrogen-bond donors (Lipinski definition) is 1. The van der Waals surface area contributed by atoms with Crippen LogP contribution in [0.4, 0.5) is 0 Å². The molecule has 1 fully saturated rings. The molecule has 7 nitrogen and oxygen atoms in total. The molecule has 1 aliphatic heterocycles. The summed E-state index contributed by atoms with van der Waals surface area (Å²) >= 11 is 0. The van der Waals surface area contributed by atoms with Gasteiger partial charge in [-0.1, -0.05) is 0 Å². The van der Waals surface area contributed by atoms with Crippen LogP contribution in [0.3, 0.4) is 0 Å². The summed E-state index contributed by atoms with van der Waals surface area (Å²) < 4.78 is 33.3. The number of piperazine rings is 1. The van der Waals surface area contributed by atoms with Crippen LogP contribution < -0.4 is 9.46 Å². The van der Waals surface area contributed by atoms with Crippen molar-refractivity contribution in [1.82, 2.24) is 13.9 Å². The summed E-state index contributed by atoms with van der Waals surface area (Å²) in [6.45, 7) is 5.73. The number of carbonyl (C=O) groups excluding carboxylic acids is 1. The fourth-order valence-electron chi connectivity index (χ4n) is 2.57. The molecule has 0 amide bonds. The van der Waals surface area contributed by atoms with Crippen molar-refractivity contribution in [3.05, 3.63) is 29.8 Å². The molecule has 1 N–H and O–H groups in total. The molecule has 0 atom stereocenters. The van der Waals surface area contributed by atoms with E-state index in [0.29, 0.717) is 37.5 Å². The lowest BCUT2D eigenvalue weighted by atomic mass is 10.1. The molecule has 0 spiro atoms. The lowest BCUT2D eigenvalue weighted by molar-refractivity contribution is 0.0901. The summed E-state index contributed by atoms with van der Waals surface area (Å²) in [6.07, 6.45) is 0. The molecule has 1 aromatic rings. The quantitative estimate of drug-likeness (QED) is 0.730. The van der Waals surface area contributed by atoms with E-state index in [-0.39, 0.29) is 18.4 Å². The smallest absolute Gasteiger partial charge is 0.279 e. The minimum atomic E-state index is -3.44. The molecule has 1 heterocycles. The molecule has 0 unspecified atom stereocenters. The van der Waals surface area contributed by atoms with Crippen molar-refractivity contribution in [3.8, 4) is 5.75 Å². The summed E-state index contributed by atoms with van der Waals surface area (Å²) in [5.74, 6) is 0.734. The fraction of sp³-hybridized carbons (Fsp3) is 0.562. The van der Waals surface area contributed by atoms with Gasteiger partial charge in [-0.2, -0.15) is 17.4 Å². The molecule has 2 rings (SSSR count). The van der Waals surface area contributed by atoms with Gasteiger partial charge in [-0.3, -0.25) is 9.69 Å². The van der Waals surface area contributed by atoms with Gasteiger partial charge >= 0.3 is 0 Å². The third-order valence-corrected chi connectivity index (χ3v) is 5.65. The van der Waals surface area contributed by atoms with Gasteiger partial charge in [-0.05, 0) is 38.1 Å². The van der Waals surface area contributed by atoms with E-state index in [1.165, 1.54) is 4.31 Å². The van der Waals surface area contributed by atoms with Gasteiger partial charge < -0.3 is 4.74 Å². The summed E-state index contributed by atoms with van der Waals surface area (Å²) in [5, 5.41) is 0. The molecule has 0 aromatic heterocycles. The maximum absolute atomic E-state index is 12.3. The number of nitrogens with one attached hydrogen (secondary N) is 1. The Hall–Kier alpha value is -1.48. The van der Waals surface area contributed by atoms with E-state index in [9.17, 15) is 13.2 Å². The number of carbonyl (C=O) groups is 1.